The summed E-state index contributed by atoms with van der Waals surface area (Å²) in [7, 11) is 0. The van der Waals surface area contributed by atoms with Crippen molar-refractivity contribution in [3.63, 3.8) is 0 Å². The van der Waals surface area contributed by atoms with E-state index >= 15 is 0 Å². The normalized spacial score (nSPS) is 26.8. The maximum atomic E-state index is 3.71. The third kappa shape index (κ3) is 3.76. The van der Waals surface area contributed by atoms with Gasteiger partial charge in [-0.2, -0.15) is 0 Å². The standard InChI is InChI=1S/C17H27NS/c1-5-10-18-15-7-9-17(14(15)4)19-16-8-6-12(2)11-13(16)3/h6,8,11,14-15,17-18H,5,7,9-10H2,1-4H3. The van der Waals surface area contributed by atoms with Gasteiger partial charge in [0.25, 0.3) is 0 Å². The van der Waals surface area contributed by atoms with Crippen LogP contribution in [0.4, 0.5) is 0 Å². The summed E-state index contributed by atoms with van der Waals surface area (Å²) in [5, 5.41) is 4.48. The molecular formula is C17H27NS. The van der Waals surface area contributed by atoms with Gasteiger partial charge in [0.15, 0.2) is 0 Å². The molecule has 0 aromatic heterocycles. The van der Waals surface area contributed by atoms with E-state index in [9.17, 15) is 0 Å². The van der Waals surface area contributed by atoms with Crippen molar-refractivity contribution in [1.29, 1.82) is 0 Å². The van der Waals surface area contributed by atoms with Crippen molar-refractivity contribution >= 4 is 11.8 Å². The molecule has 106 valence electrons. The molecule has 0 heterocycles. The number of aryl methyl sites for hydroxylation is 2. The lowest BCUT2D eigenvalue weighted by molar-refractivity contribution is 0.432. The Kier molecular flexibility index (Phi) is 5.35. The van der Waals surface area contributed by atoms with Crippen LogP contribution >= 0.6 is 11.8 Å². The predicted molar refractivity (Wildman–Crippen MR) is 86.0 cm³/mol. The Bertz CT molecular complexity index is 416. The SMILES string of the molecule is CCCNC1CCC(Sc2ccc(C)cc2C)C1C. The highest BCUT2D eigenvalue weighted by atomic mass is 32.2. The third-order valence-electron chi connectivity index (χ3n) is 4.25. The quantitative estimate of drug-likeness (QED) is 0.846. The third-order valence-corrected chi connectivity index (χ3v) is 5.93. The van der Waals surface area contributed by atoms with Crippen LogP contribution in [-0.4, -0.2) is 17.8 Å². The fourth-order valence-corrected chi connectivity index (χ4v) is 4.38. The molecule has 0 amide bonds. The zero-order valence-corrected chi connectivity index (χ0v) is 13.5. The minimum atomic E-state index is 0.725. The van der Waals surface area contributed by atoms with E-state index < -0.39 is 0 Å². The van der Waals surface area contributed by atoms with Crippen LogP contribution in [0.1, 0.15) is 44.2 Å². The van der Waals surface area contributed by atoms with Gasteiger partial charge in [0.1, 0.15) is 0 Å². The van der Waals surface area contributed by atoms with Crippen molar-refractivity contribution in [2.24, 2.45) is 5.92 Å². The number of nitrogens with one attached hydrogen (secondary N) is 1. The number of hydrogen-bond donors (Lipinski definition) is 1. The Morgan fingerprint density at radius 3 is 2.74 bits per heavy atom. The summed E-state index contributed by atoms with van der Waals surface area (Å²) in [5.41, 5.74) is 2.80. The molecule has 3 unspecified atom stereocenters. The number of rotatable bonds is 5. The smallest absolute Gasteiger partial charge is 0.0135 e. The lowest BCUT2D eigenvalue weighted by Crippen LogP contribution is -2.33. The fraction of sp³-hybridized carbons (Fsp3) is 0.647. The van der Waals surface area contributed by atoms with Crippen LogP contribution in [0.3, 0.4) is 0 Å². The molecule has 19 heavy (non-hydrogen) atoms. The maximum Gasteiger partial charge on any atom is 0.0135 e. The minimum absolute atomic E-state index is 0.725. The highest BCUT2D eigenvalue weighted by Crippen LogP contribution is 2.40. The molecule has 1 aliphatic carbocycles. The Balaban J connectivity index is 1.96. The molecule has 2 heteroatoms. The van der Waals surface area contributed by atoms with Crippen molar-refractivity contribution in [3.8, 4) is 0 Å². The molecule has 0 aliphatic heterocycles. The fourth-order valence-electron chi connectivity index (χ4n) is 3.01. The zero-order chi connectivity index (χ0) is 13.8. The number of benzene rings is 1. The van der Waals surface area contributed by atoms with Gasteiger partial charge in [-0.05, 0) is 57.2 Å². The van der Waals surface area contributed by atoms with Gasteiger partial charge in [0.2, 0.25) is 0 Å². The summed E-state index contributed by atoms with van der Waals surface area (Å²) in [6, 6.07) is 7.56. The largest absolute Gasteiger partial charge is 0.314 e. The second kappa shape index (κ2) is 6.81. The van der Waals surface area contributed by atoms with E-state index in [2.05, 4.69) is 63.0 Å². The first kappa shape index (κ1) is 14.9. The van der Waals surface area contributed by atoms with Crippen molar-refractivity contribution in [2.45, 2.75) is 63.1 Å². The van der Waals surface area contributed by atoms with E-state index in [1.54, 1.807) is 0 Å². The summed E-state index contributed by atoms with van der Waals surface area (Å²) >= 11 is 2.09. The molecule has 1 nitrogen and oxygen atoms in total. The van der Waals surface area contributed by atoms with Crippen molar-refractivity contribution in [3.05, 3.63) is 29.3 Å². The van der Waals surface area contributed by atoms with Crippen molar-refractivity contribution < 1.29 is 0 Å². The number of hydrogen-bond acceptors (Lipinski definition) is 2. The first-order valence-corrected chi connectivity index (χ1v) is 8.47. The van der Waals surface area contributed by atoms with Gasteiger partial charge in [-0.3, -0.25) is 0 Å². The molecule has 1 saturated carbocycles. The minimum Gasteiger partial charge on any atom is -0.314 e. The molecule has 1 N–H and O–H groups in total. The van der Waals surface area contributed by atoms with E-state index in [0.29, 0.717) is 0 Å². The monoisotopic (exact) mass is 277 g/mol. The van der Waals surface area contributed by atoms with Crippen LogP contribution in [0.5, 0.6) is 0 Å². The van der Waals surface area contributed by atoms with Crippen LogP contribution in [0, 0.1) is 19.8 Å². The van der Waals surface area contributed by atoms with Gasteiger partial charge in [-0.25, -0.2) is 0 Å². The molecule has 1 aromatic rings. The van der Waals surface area contributed by atoms with Crippen LogP contribution in [0.25, 0.3) is 0 Å². The maximum absolute atomic E-state index is 3.71. The van der Waals surface area contributed by atoms with Gasteiger partial charge in [0.05, 0.1) is 0 Å². The first-order chi connectivity index (χ1) is 9.11. The topological polar surface area (TPSA) is 12.0 Å². The lowest BCUT2D eigenvalue weighted by atomic mass is 10.1. The Hall–Kier alpha value is -0.470. The highest BCUT2D eigenvalue weighted by molar-refractivity contribution is 8.00. The molecule has 0 saturated heterocycles. The lowest BCUT2D eigenvalue weighted by Gasteiger charge is -2.22. The second-order valence-electron chi connectivity index (χ2n) is 5.92. The van der Waals surface area contributed by atoms with E-state index in [0.717, 1.165) is 23.8 Å². The van der Waals surface area contributed by atoms with Crippen LogP contribution in [0.2, 0.25) is 0 Å². The zero-order valence-electron chi connectivity index (χ0n) is 12.7. The average molecular weight is 277 g/mol. The molecule has 0 radical (unpaired) electrons. The summed E-state index contributed by atoms with van der Waals surface area (Å²) in [6.07, 6.45) is 3.92. The Morgan fingerprint density at radius 1 is 1.26 bits per heavy atom. The van der Waals surface area contributed by atoms with Gasteiger partial charge < -0.3 is 5.32 Å². The van der Waals surface area contributed by atoms with Gasteiger partial charge >= 0.3 is 0 Å². The first-order valence-electron chi connectivity index (χ1n) is 7.59. The molecule has 1 aromatic carbocycles. The van der Waals surface area contributed by atoms with E-state index in [1.807, 2.05) is 0 Å². The number of thioether (sulfide) groups is 1. The van der Waals surface area contributed by atoms with Gasteiger partial charge in [0, 0.05) is 16.2 Å². The molecule has 0 bridgehead atoms. The van der Waals surface area contributed by atoms with Gasteiger partial charge in [-0.1, -0.05) is 31.5 Å². The van der Waals surface area contributed by atoms with E-state index in [1.165, 1.54) is 35.3 Å². The highest BCUT2D eigenvalue weighted by Gasteiger charge is 2.32. The molecule has 0 spiro atoms. The van der Waals surface area contributed by atoms with E-state index in [-0.39, 0.29) is 0 Å². The van der Waals surface area contributed by atoms with E-state index in [4.69, 9.17) is 0 Å². The second-order valence-corrected chi connectivity index (χ2v) is 7.20. The van der Waals surface area contributed by atoms with Crippen LogP contribution < -0.4 is 5.32 Å². The van der Waals surface area contributed by atoms with Gasteiger partial charge in [-0.15, -0.1) is 11.8 Å². The summed E-state index contributed by atoms with van der Waals surface area (Å²) < 4.78 is 0. The summed E-state index contributed by atoms with van der Waals surface area (Å²) in [5.74, 6) is 0.775. The van der Waals surface area contributed by atoms with Crippen LogP contribution in [-0.2, 0) is 0 Å². The molecule has 2 rings (SSSR count). The molecule has 3 atom stereocenters. The Morgan fingerprint density at radius 2 is 2.05 bits per heavy atom. The Labute approximate surface area is 122 Å². The van der Waals surface area contributed by atoms with Crippen LogP contribution in [0.15, 0.2) is 23.1 Å². The summed E-state index contributed by atoms with van der Waals surface area (Å²) in [4.78, 5) is 1.47. The molecule has 1 aliphatic rings. The van der Waals surface area contributed by atoms with Crippen molar-refractivity contribution in [2.75, 3.05) is 6.54 Å². The predicted octanol–water partition coefficient (Wildman–Crippen LogP) is 4.56. The summed E-state index contributed by atoms with van der Waals surface area (Å²) in [6.45, 7) is 10.2. The molecule has 1 fully saturated rings. The molecular weight excluding hydrogens is 250 g/mol. The van der Waals surface area contributed by atoms with Crippen molar-refractivity contribution in [1.82, 2.24) is 5.32 Å². The average Bonchev–Trinajstić information content (AvgIpc) is 2.72.